The Morgan fingerprint density at radius 3 is 2.24 bits per heavy atom. The average molecular weight is 518 g/mol. The van der Waals surface area contributed by atoms with Gasteiger partial charge in [0.05, 0.1) is 11.9 Å². The molecular formula is C18H14F8N4OS2. The number of benzene rings is 2. The maximum Gasteiger partial charge on any atom is 0.310 e. The Kier molecular flexibility index (Phi) is 5.45. The highest BCUT2D eigenvalue weighted by Crippen LogP contribution is 3.02. The number of anilines is 2. The number of rotatable bonds is 6. The lowest BCUT2D eigenvalue weighted by atomic mass is 10.1. The van der Waals surface area contributed by atoms with Crippen LogP contribution in [0.4, 0.5) is 44.2 Å². The van der Waals surface area contributed by atoms with Crippen molar-refractivity contribution in [2.45, 2.75) is 10.6 Å². The van der Waals surface area contributed by atoms with Crippen LogP contribution in [0.15, 0.2) is 47.5 Å². The van der Waals surface area contributed by atoms with Crippen LogP contribution in [0.2, 0.25) is 0 Å². The van der Waals surface area contributed by atoms with Crippen LogP contribution in [-0.2, 0) is 15.5 Å². The molecule has 1 atom stereocenters. The molecule has 3 aromatic rings. The van der Waals surface area contributed by atoms with E-state index in [0.29, 0.717) is 12.3 Å². The van der Waals surface area contributed by atoms with E-state index in [4.69, 9.17) is 4.78 Å². The number of nitrogens with one attached hydrogen (secondary N) is 2. The van der Waals surface area contributed by atoms with Crippen LogP contribution in [-0.4, -0.2) is 20.4 Å². The van der Waals surface area contributed by atoms with Crippen molar-refractivity contribution in [2.24, 2.45) is 0 Å². The van der Waals surface area contributed by atoms with Gasteiger partial charge in [-0.2, -0.15) is 0 Å². The monoisotopic (exact) mass is 518 g/mol. The maximum atomic E-state index is 14.1. The lowest BCUT2D eigenvalue weighted by molar-refractivity contribution is 0.364. The Bertz CT molecular complexity index is 1360. The van der Waals surface area contributed by atoms with Crippen LogP contribution in [0.25, 0.3) is 11.3 Å². The van der Waals surface area contributed by atoms with Crippen LogP contribution in [0.3, 0.4) is 0 Å². The van der Waals surface area contributed by atoms with Gasteiger partial charge < -0.3 is 5.32 Å². The molecule has 0 aliphatic heterocycles. The molecule has 3 rings (SSSR count). The van der Waals surface area contributed by atoms with Gasteiger partial charge in [0, 0.05) is 33.3 Å². The number of aromatic nitrogens is 2. The summed E-state index contributed by atoms with van der Waals surface area (Å²) in [4.78, 5) is 4.82. The van der Waals surface area contributed by atoms with E-state index in [1.165, 1.54) is 0 Å². The second-order valence-corrected chi connectivity index (χ2v) is 11.8. The van der Waals surface area contributed by atoms with Crippen LogP contribution in [0, 0.1) is 22.2 Å². The summed E-state index contributed by atoms with van der Waals surface area (Å²) < 4.78 is 127. The summed E-state index contributed by atoms with van der Waals surface area (Å²) in [7, 11) is -13.6. The van der Waals surface area contributed by atoms with Crippen molar-refractivity contribution in [3.05, 3.63) is 65.6 Å². The molecule has 0 aliphatic carbocycles. The molecule has 0 radical (unpaired) electrons. The van der Waals surface area contributed by atoms with E-state index >= 15 is 0 Å². The molecule has 2 aromatic carbocycles. The smallest absolute Gasteiger partial charge is 0.310 e. The van der Waals surface area contributed by atoms with Gasteiger partial charge in [-0.1, -0.05) is 19.4 Å². The van der Waals surface area contributed by atoms with Gasteiger partial charge in [-0.15, -0.1) is 0 Å². The third-order valence-electron chi connectivity index (χ3n) is 4.04. The van der Waals surface area contributed by atoms with Gasteiger partial charge >= 0.3 is 10.2 Å². The first-order valence-corrected chi connectivity index (χ1v) is 12.7. The minimum atomic E-state index is -10.2. The van der Waals surface area contributed by atoms with Crippen molar-refractivity contribution >= 4 is 31.6 Å². The van der Waals surface area contributed by atoms with Crippen molar-refractivity contribution in [1.29, 1.82) is 4.78 Å². The van der Waals surface area contributed by atoms with E-state index in [1.807, 2.05) is 0 Å². The van der Waals surface area contributed by atoms with E-state index in [1.54, 1.807) is 0 Å². The summed E-state index contributed by atoms with van der Waals surface area (Å²) in [6, 6.07) is 3.21. The zero-order chi connectivity index (χ0) is 24.9. The van der Waals surface area contributed by atoms with E-state index in [-0.39, 0.29) is 12.1 Å². The molecular weight excluding hydrogens is 504 g/mol. The molecule has 0 saturated carbocycles. The Morgan fingerprint density at radius 1 is 1.00 bits per heavy atom. The van der Waals surface area contributed by atoms with Crippen molar-refractivity contribution in [3.8, 4) is 11.3 Å². The molecule has 0 bridgehead atoms. The molecule has 15 heteroatoms. The van der Waals surface area contributed by atoms with Crippen LogP contribution in [0.5, 0.6) is 0 Å². The minimum absolute atomic E-state index is 0.0529. The SMILES string of the molecule is CS(=N)(=O)Cc1cc(Nc2ncc(F)c(-c3ccc(F)cc3F)n2)cc(S(F)(F)(F)(F)F)c1. The first-order valence-electron chi connectivity index (χ1n) is 8.65. The van der Waals surface area contributed by atoms with Crippen molar-refractivity contribution in [1.82, 2.24) is 9.97 Å². The Morgan fingerprint density at radius 2 is 1.67 bits per heavy atom. The number of hydrogen-bond donors (Lipinski definition) is 2. The van der Waals surface area contributed by atoms with Gasteiger partial charge in [0.25, 0.3) is 0 Å². The zero-order valence-electron chi connectivity index (χ0n) is 16.4. The predicted molar refractivity (Wildman–Crippen MR) is 109 cm³/mol. The Hall–Kier alpha value is -2.94. The van der Waals surface area contributed by atoms with E-state index in [9.17, 15) is 36.8 Å². The zero-order valence-corrected chi connectivity index (χ0v) is 18.0. The second kappa shape index (κ2) is 7.28. The highest BCUT2D eigenvalue weighted by atomic mass is 32.5. The molecule has 0 spiro atoms. The molecule has 0 amide bonds. The highest BCUT2D eigenvalue weighted by Gasteiger charge is 2.65. The molecule has 2 N–H and O–H groups in total. The van der Waals surface area contributed by atoms with Gasteiger partial charge in [-0.25, -0.2) is 27.3 Å². The normalized spacial score (nSPS) is 15.9. The van der Waals surface area contributed by atoms with Crippen LogP contribution in [0.1, 0.15) is 5.56 Å². The molecule has 5 nitrogen and oxygen atoms in total. The van der Waals surface area contributed by atoms with Gasteiger partial charge in [0.15, 0.2) is 5.82 Å². The molecule has 0 saturated heterocycles. The molecule has 1 unspecified atom stereocenters. The largest absolute Gasteiger partial charge is 0.324 e. The molecule has 1 aromatic heterocycles. The standard InChI is InChI=1S/C18H14F8N4OS2/c1-32(27,31)9-10-4-12(7-13(5-10)33(22,23,24,25)26)29-18-28-8-16(21)17(30-18)14-3-2-11(19)6-15(14)20/h2-8,27H,9H2,1H3,(H,28,29,30). The molecule has 0 aliphatic rings. The van der Waals surface area contributed by atoms with Crippen molar-refractivity contribution < 1.29 is 36.8 Å². The summed E-state index contributed by atoms with van der Waals surface area (Å²) in [5, 5.41) is 2.19. The summed E-state index contributed by atoms with van der Waals surface area (Å²) in [5.41, 5.74) is -2.27. The topological polar surface area (TPSA) is 78.7 Å². The van der Waals surface area contributed by atoms with Gasteiger partial charge in [-0.05, 0) is 35.9 Å². The molecule has 1 heterocycles. The summed E-state index contributed by atoms with van der Waals surface area (Å²) >= 11 is 0. The maximum absolute atomic E-state index is 14.1. The fraction of sp³-hybridized carbons (Fsp3) is 0.111. The van der Waals surface area contributed by atoms with Crippen molar-refractivity contribution in [2.75, 3.05) is 11.6 Å². The number of hydrogen-bond acceptors (Lipinski definition) is 5. The Balaban J connectivity index is 2.10. The Labute approximate surface area is 182 Å². The number of nitrogens with zero attached hydrogens (tertiary/aromatic N) is 2. The third kappa shape index (κ3) is 6.31. The van der Waals surface area contributed by atoms with Gasteiger partial charge in [0.2, 0.25) is 5.95 Å². The van der Waals surface area contributed by atoms with Gasteiger partial charge in [0.1, 0.15) is 22.2 Å². The summed E-state index contributed by atoms with van der Waals surface area (Å²) in [6.07, 6.45) is 1.46. The summed E-state index contributed by atoms with van der Waals surface area (Å²) in [5.74, 6) is -4.64. The fourth-order valence-corrected chi connectivity index (χ4v) is 4.31. The van der Waals surface area contributed by atoms with Crippen molar-refractivity contribution in [3.63, 3.8) is 0 Å². The fourth-order valence-electron chi connectivity index (χ4n) is 2.78. The molecule has 33 heavy (non-hydrogen) atoms. The summed E-state index contributed by atoms with van der Waals surface area (Å²) in [6.45, 7) is 0. The average Bonchev–Trinajstić information content (AvgIpc) is 2.60. The van der Waals surface area contributed by atoms with Crippen LogP contribution < -0.4 is 5.32 Å². The third-order valence-corrected chi connectivity index (χ3v) is 6.05. The van der Waals surface area contributed by atoms with Gasteiger partial charge in [-0.3, -0.25) is 4.78 Å². The molecule has 180 valence electrons. The van der Waals surface area contributed by atoms with E-state index in [0.717, 1.165) is 24.5 Å². The second-order valence-electron chi connectivity index (χ2n) is 7.12. The highest BCUT2D eigenvalue weighted by molar-refractivity contribution is 8.45. The first kappa shape index (κ1) is 24.7. The number of halogens is 8. The minimum Gasteiger partial charge on any atom is -0.324 e. The lowest BCUT2D eigenvalue weighted by Crippen LogP contribution is -2.09. The first-order chi connectivity index (χ1) is 14.8. The lowest BCUT2D eigenvalue weighted by Gasteiger charge is -2.41. The van der Waals surface area contributed by atoms with E-state index in [2.05, 4.69) is 15.3 Å². The quantitative estimate of drug-likeness (QED) is 0.340. The molecule has 0 fully saturated rings. The predicted octanol–water partition coefficient (Wildman–Crippen LogP) is 7.14. The van der Waals surface area contributed by atoms with E-state index < -0.39 is 76.5 Å². The van der Waals surface area contributed by atoms with Crippen LogP contribution >= 0.6 is 10.2 Å².